The first-order valence-corrected chi connectivity index (χ1v) is 11.5. The van der Waals surface area contributed by atoms with Gasteiger partial charge in [0.05, 0.1) is 13.0 Å². The zero-order chi connectivity index (χ0) is 30.5. The second-order valence-electron chi connectivity index (χ2n) is 7.82. The Bertz CT molecular complexity index is 846. The normalized spacial score (nSPS) is 15.9. The first-order valence-electron chi connectivity index (χ1n) is 11.5. The zero-order valence-electron chi connectivity index (χ0n) is 21.2. The predicted molar refractivity (Wildman–Crippen MR) is 133 cm³/mol. The Balaban J connectivity index is 0. The molecule has 4 atom stereocenters. The van der Waals surface area contributed by atoms with Crippen LogP contribution < -0.4 is 39.7 Å². The summed E-state index contributed by atoms with van der Waals surface area (Å²) in [7, 11) is 0. The van der Waals surface area contributed by atoms with Gasteiger partial charge in [-0.05, 0) is 32.2 Å². The summed E-state index contributed by atoms with van der Waals surface area (Å²) in [6.07, 6.45) is 1.99. The third-order valence-corrected chi connectivity index (χ3v) is 4.43. The lowest BCUT2D eigenvalue weighted by atomic mass is 10.2. The molecular formula is C20H38N8O11. The van der Waals surface area contributed by atoms with E-state index in [0.29, 0.717) is 19.4 Å². The number of hydrogen-bond donors (Lipinski definition) is 10. The van der Waals surface area contributed by atoms with Crippen LogP contribution >= 0.6 is 0 Å². The van der Waals surface area contributed by atoms with Crippen LogP contribution in [0.2, 0.25) is 0 Å². The molecule has 16 N–H and O–H groups in total. The summed E-state index contributed by atoms with van der Waals surface area (Å²) in [5, 5.41) is 27.4. The molecule has 1 heterocycles. The molecule has 0 spiro atoms. The monoisotopic (exact) mass is 566 g/mol. The van der Waals surface area contributed by atoms with E-state index < -0.39 is 67.0 Å². The Hall–Kier alpha value is -3.91. The van der Waals surface area contributed by atoms with Crippen molar-refractivity contribution in [2.75, 3.05) is 26.2 Å². The first-order chi connectivity index (χ1) is 18.1. The smallest absolute Gasteiger partial charge is 0.330 e. The topological polar surface area (TPSA) is 362 Å². The van der Waals surface area contributed by atoms with E-state index in [9.17, 15) is 28.8 Å². The van der Waals surface area contributed by atoms with E-state index in [0.717, 1.165) is 19.4 Å². The van der Waals surface area contributed by atoms with Gasteiger partial charge in [-0.1, -0.05) is 0 Å². The van der Waals surface area contributed by atoms with Crippen molar-refractivity contribution in [3.05, 3.63) is 0 Å². The van der Waals surface area contributed by atoms with Gasteiger partial charge in [-0.3, -0.25) is 29.0 Å². The predicted octanol–water partition coefficient (Wildman–Crippen LogP) is -5.04. The van der Waals surface area contributed by atoms with Crippen LogP contribution in [0.25, 0.3) is 0 Å². The van der Waals surface area contributed by atoms with E-state index in [2.05, 4.69) is 19.8 Å². The van der Waals surface area contributed by atoms with Gasteiger partial charge in [-0.25, -0.2) is 4.79 Å². The minimum atomic E-state index is -1.29. The number of guanidine groups is 1. The number of hydrogen-bond acceptors (Lipinski definition) is 14. The van der Waals surface area contributed by atoms with Crippen LogP contribution in [0.3, 0.4) is 0 Å². The Kier molecular flexibility index (Phi) is 20.1. The van der Waals surface area contributed by atoms with Crippen molar-refractivity contribution >= 4 is 41.8 Å². The van der Waals surface area contributed by atoms with Gasteiger partial charge in [0.15, 0.2) is 5.96 Å². The highest BCUT2D eigenvalue weighted by Gasteiger charge is 2.25. The first kappa shape index (κ1) is 37.2. The largest absolute Gasteiger partial charge is 0.481 e. The molecule has 0 bridgehead atoms. The number of carbonyl (C=O) groups excluding carboxylic acids is 3. The van der Waals surface area contributed by atoms with Gasteiger partial charge >= 0.3 is 35.8 Å². The summed E-state index contributed by atoms with van der Waals surface area (Å²) >= 11 is 0. The Morgan fingerprint density at radius 2 is 1.54 bits per heavy atom. The van der Waals surface area contributed by atoms with E-state index in [-0.39, 0.29) is 18.5 Å². The molecule has 1 aliphatic rings. The molecule has 0 unspecified atom stereocenters. The molecule has 0 aliphatic carbocycles. The zero-order valence-corrected chi connectivity index (χ0v) is 21.2. The minimum Gasteiger partial charge on any atom is -0.481 e. The van der Waals surface area contributed by atoms with Crippen molar-refractivity contribution < 1.29 is 53.6 Å². The molecule has 0 radical (unpaired) electrons. The van der Waals surface area contributed by atoms with Gasteiger partial charge < -0.3 is 64.5 Å². The molecule has 39 heavy (non-hydrogen) atoms. The number of ether oxygens (including phenoxy) is 2. The number of carbonyl (C=O) groups is 6. The summed E-state index contributed by atoms with van der Waals surface area (Å²) in [5.41, 5.74) is 30.7. The molecular weight excluding hydrogens is 528 g/mol. The number of nitrogens with two attached hydrogens (primary N) is 6. The van der Waals surface area contributed by atoms with E-state index in [1.165, 1.54) is 0 Å². The number of aliphatic imine (C=N–C) groups is 1. The molecule has 0 aromatic carbocycles. The molecule has 1 aliphatic heterocycles. The fourth-order valence-electron chi connectivity index (χ4n) is 2.37. The number of carboxylic acid groups (broad SMARTS) is 3. The number of nitrogens with one attached hydrogen (secondary N) is 1. The number of nitrogens with zero attached hydrogens (tertiary/aromatic N) is 1. The van der Waals surface area contributed by atoms with Crippen LogP contribution in [-0.2, 0) is 38.2 Å². The SMILES string of the molecule is NC(N)=NCCC[C@H](N)C(=O)OC[C@H](N)C(=O)O.NCC(=O)OC(=O)[C@@H]1CCCN1.N[C@@H](CC(=O)O)C(=O)O. The summed E-state index contributed by atoms with van der Waals surface area (Å²) in [4.78, 5) is 66.7. The van der Waals surface area contributed by atoms with Crippen LogP contribution in [0.4, 0.5) is 0 Å². The van der Waals surface area contributed by atoms with Crippen LogP contribution in [-0.4, -0.2) is 108 Å². The lowest BCUT2D eigenvalue weighted by molar-refractivity contribution is -0.160. The third-order valence-electron chi connectivity index (χ3n) is 4.43. The summed E-state index contributed by atoms with van der Waals surface area (Å²) < 4.78 is 9.07. The molecule has 0 amide bonds. The fourth-order valence-corrected chi connectivity index (χ4v) is 2.37. The van der Waals surface area contributed by atoms with Crippen molar-refractivity contribution in [3.8, 4) is 0 Å². The maximum atomic E-state index is 11.3. The molecule has 0 aromatic heterocycles. The van der Waals surface area contributed by atoms with Crippen molar-refractivity contribution in [1.29, 1.82) is 0 Å². The summed E-state index contributed by atoms with van der Waals surface area (Å²) in [6.45, 7) is 0.503. The highest BCUT2D eigenvalue weighted by molar-refractivity contribution is 5.89. The van der Waals surface area contributed by atoms with Crippen LogP contribution in [0.1, 0.15) is 32.1 Å². The summed E-state index contributed by atoms with van der Waals surface area (Å²) in [5.74, 6) is -5.65. The van der Waals surface area contributed by atoms with Gasteiger partial charge in [-0.2, -0.15) is 0 Å². The van der Waals surface area contributed by atoms with Gasteiger partial charge in [0.2, 0.25) is 0 Å². The Morgan fingerprint density at radius 1 is 0.949 bits per heavy atom. The molecule has 1 fully saturated rings. The number of rotatable bonds is 13. The second kappa shape index (κ2) is 21.1. The lowest BCUT2D eigenvalue weighted by Gasteiger charge is -2.12. The number of esters is 3. The quantitative estimate of drug-likeness (QED) is 0.0327. The van der Waals surface area contributed by atoms with Gasteiger partial charge in [0.25, 0.3) is 0 Å². The Morgan fingerprint density at radius 3 is 1.95 bits per heavy atom. The van der Waals surface area contributed by atoms with E-state index >= 15 is 0 Å². The van der Waals surface area contributed by atoms with E-state index in [1.807, 2.05) is 0 Å². The van der Waals surface area contributed by atoms with Crippen LogP contribution in [0.5, 0.6) is 0 Å². The Labute approximate surface area is 223 Å². The molecule has 1 rings (SSSR count). The van der Waals surface area contributed by atoms with E-state index in [1.54, 1.807) is 0 Å². The van der Waals surface area contributed by atoms with Crippen molar-refractivity contribution in [2.45, 2.75) is 56.3 Å². The molecule has 0 saturated carbocycles. The number of carboxylic acids is 3. The average molecular weight is 567 g/mol. The van der Waals surface area contributed by atoms with Gasteiger partial charge in [0, 0.05) is 6.54 Å². The van der Waals surface area contributed by atoms with Crippen molar-refractivity contribution in [1.82, 2.24) is 5.32 Å². The molecule has 19 heteroatoms. The molecule has 224 valence electrons. The van der Waals surface area contributed by atoms with Crippen molar-refractivity contribution in [3.63, 3.8) is 0 Å². The molecule has 19 nitrogen and oxygen atoms in total. The molecule has 1 saturated heterocycles. The van der Waals surface area contributed by atoms with E-state index in [4.69, 9.17) is 49.7 Å². The second-order valence-corrected chi connectivity index (χ2v) is 7.82. The number of aliphatic carboxylic acids is 3. The third kappa shape index (κ3) is 20.8. The minimum absolute atomic E-state index is 0.0291. The molecule has 0 aromatic rings. The summed E-state index contributed by atoms with van der Waals surface area (Å²) in [6, 6.07) is -3.70. The standard InChI is InChI=1S/C9H19N5O4.C7H12N2O3.C4H7NO4/c10-5(2-1-3-14-9(12)13)8(17)18-4-6(11)7(15)16;8-4-6(10)12-7(11)5-2-1-3-9-5;5-2(4(8)9)1-3(6)7/h5-6H,1-4,10-11H2,(H,15,16)(H4,12,13,14);5,9H,1-4,8H2;2H,1,5H2,(H,6,7)(H,8,9)/t5-,6-;5-;2-/m000/s1. The van der Waals surface area contributed by atoms with Gasteiger partial charge in [-0.15, -0.1) is 0 Å². The van der Waals surface area contributed by atoms with Crippen molar-refractivity contribution in [2.24, 2.45) is 39.4 Å². The lowest BCUT2D eigenvalue weighted by Crippen LogP contribution is -2.39. The maximum Gasteiger partial charge on any atom is 0.330 e. The highest BCUT2D eigenvalue weighted by Crippen LogP contribution is 2.06. The maximum absolute atomic E-state index is 11.3. The van der Waals surface area contributed by atoms with Gasteiger partial charge in [0.1, 0.15) is 30.8 Å². The highest BCUT2D eigenvalue weighted by atomic mass is 16.6. The fraction of sp³-hybridized carbons (Fsp3) is 0.650. The van der Waals surface area contributed by atoms with Crippen LogP contribution in [0.15, 0.2) is 4.99 Å². The average Bonchev–Trinajstić information content (AvgIpc) is 3.40. The van der Waals surface area contributed by atoms with Crippen LogP contribution in [0, 0.1) is 0 Å².